The zero-order valence-electron chi connectivity index (χ0n) is 19.4. The predicted molar refractivity (Wildman–Crippen MR) is 140 cm³/mol. The molecule has 0 aliphatic rings. The van der Waals surface area contributed by atoms with Crippen LogP contribution in [0.5, 0.6) is 11.5 Å². The van der Waals surface area contributed by atoms with Crippen molar-refractivity contribution in [2.45, 2.75) is 12.1 Å². The van der Waals surface area contributed by atoms with Crippen LogP contribution in [0.25, 0.3) is 21.8 Å². The van der Waals surface area contributed by atoms with E-state index < -0.39 is 5.56 Å². The molecule has 0 atom stereocenters. The van der Waals surface area contributed by atoms with Gasteiger partial charge in [-0.2, -0.15) is 5.26 Å². The molecule has 0 bridgehead atoms. The molecule has 0 unspecified atom stereocenters. The van der Waals surface area contributed by atoms with E-state index in [0.717, 1.165) is 22.3 Å². The van der Waals surface area contributed by atoms with E-state index in [1.54, 1.807) is 37.3 Å². The normalized spacial score (nSPS) is 10.6. The summed E-state index contributed by atoms with van der Waals surface area (Å²) in [5.74, 6) is 0.823. The van der Waals surface area contributed by atoms with Gasteiger partial charge in [0.1, 0.15) is 16.6 Å². The van der Waals surface area contributed by atoms with Gasteiger partial charge in [0.25, 0.3) is 5.56 Å². The molecule has 8 nitrogen and oxygen atoms in total. The summed E-state index contributed by atoms with van der Waals surface area (Å²) < 4.78 is 10.6. The van der Waals surface area contributed by atoms with E-state index in [1.165, 1.54) is 25.6 Å². The number of halogens is 1. The van der Waals surface area contributed by atoms with Gasteiger partial charge in [-0.25, -0.2) is 9.97 Å². The monoisotopic (exact) mass is 538 g/mol. The minimum absolute atomic E-state index is 0.0311. The molecule has 182 valence electrons. The van der Waals surface area contributed by atoms with Crippen LogP contribution in [0.2, 0.25) is 5.02 Å². The van der Waals surface area contributed by atoms with Crippen molar-refractivity contribution in [3.8, 4) is 39.4 Å². The summed E-state index contributed by atoms with van der Waals surface area (Å²) in [7, 11) is 3.00. The van der Waals surface area contributed by atoms with Gasteiger partial charge in [-0.15, -0.1) is 11.3 Å². The Morgan fingerprint density at radius 2 is 1.81 bits per heavy atom. The first-order chi connectivity index (χ1) is 17.3. The van der Waals surface area contributed by atoms with Crippen LogP contribution in [0, 0.1) is 18.3 Å². The van der Waals surface area contributed by atoms with Crippen LogP contribution in [-0.4, -0.2) is 40.7 Å². The van der Waals surface area contributed by atoms with E-state index in [4.69, 9.17) is 21.1 Å². The Hall–Kier alpha value is -3.65. The molecular weight excluding hydrogens is 520 g/mol. The van der Waals surface area contributed by atoms with E-state index in [2.05, 4.69) is 15.0 Å². The van der Waals surface area contributed by atoms with Crippen molar-refractivity contribution in [2.75, 3.05) is 20.0 Å². The van der Waals surface area contributed by atoms with Gasteiger partial charge in [0.2, 0.25) is 0 Å². The SMILES string of the molecule is COc1ccc(-c2nc(SCC(=O)c3sc(-c4ccc(Cl)cc4)nc3C)[nH]c(=O)c2C#N)cc1OC. The molecule has 4 rings (SSSR count). The van der Waals surface area contributed by atoms with Crippen LogP contribution in [0.4, 0.5) is 0 Å². The fraction of sp³-hybridized carbons (Fsp3) is 0.160. The number of benzene rings is 2. The van der Waals surface area contributed by atoms with E-state index in [0.29, 0.717) is 32.7 Å². The van der Waals surface area contributed by atoms with E-state index in [-0.39, 0.29) is 27.9 Å². The lowest BCUT2D eigenvalue weighted by molar-refractivity contribution is 0.102. The molecule has 0 saturated carbocycles. The minimum atomic E-state index is -0.591. The zero-order chi connectivity index (χ0) is 25.8. The number of nitrogens with one attached hydrogen (secondary N) is 1. The number of ketones is 1. The molecule has 2 aromatic heterocycles. The molecule has 0 amide bonds. The molecule has 0 aliphatic heterocycles. The van der Waals surface area contributed by atoms with Gasteiger partial charge < -0.3 is 14.5 Å². The number of carbonyl (C=O) groups excluding carboxylic acids is 1. The fourth-order valence-corrected chi connectivity index (χ4v) is 5.35. The number of methoxy groups -OCH3 is 2. The topological polar surface area (TPSA) is 118 Å². The van der Waals surface area contributed by atoms with Crippen LogP contribution in [0.3, 0.4) is 0 Å². The van der Waals surface area contributed by atoms with Crippen molar-refractivity contribution in [1.29, 1.82) is 5.26 Å². The smallest absolute Gasteiger partial charge is 0.270 e. The molecule has 0 saturated heterocycles. The number of nitrogens with zero attached hydrogens (tertiary/aromatic N) is 3. The van der Waals surface area contributed by atoms with Crippen molar-refractivity contribution in [2.24, 2.45) is 0 Å². The Labute approximate surface area is 219 Å². The summed E-state index contributed by atoms with van der Waals surface area (Å²) in [6, 6.07) is 14.1. The number of aryl methyl sites for hydroxylation is 1. The summed E-state index contributed by atoms with van der Waals surface area (Å²) in [6.45, 7) is 1.78. The molecule has 2 heterocycles. The Kier molecular flexibility index (Phi) is 7.74. The predicted octanol–water partition coefficient (Wildman–Crippen LogP) is 5.39. The molecule has 0 aliphatic carbocycles. The number of nitriles is 1. The number of thioether (sulfide) groups is 1. The number of thiazole rings is 1. The van der Waals surface area contributed by atoms with E-state index in [9.17, 15) is 14.9 Å². The van der Waals surface area contributed by atoms with E-state index in [1.807, 2.05) is 18.2 Å². The minimum Gasteiger partial charge on any atom is -0.493 e. The number of aromatic nitrogens is 3. The highest BCUT2D eigenvalue weighted by Crippen LogP contribution is 2.33. The lowest BCUT2D eigenvalue weighted by Gasteiger charge is -2.10. The summed E-state index contributed by atoms with van der Waals surface area (Å²) in [5, 5.41) is 11.1. The third-order valence-corrected chi connectivity index (χ3v) is 7.52. The summed E-state index contributed by atoms with van der Waals surface area (Å²) >= 11 is 8.34. The highest BCUT2D eigenvalue weighted by Gasteiger charge is 2.19. The van der Waals surface area contributed by atoms with Crippen LogP contribution >= 0.6 is 34.7 Å². The largest absolute Gasteiger partial charge is 0.493 e. The fourth-order valence-electron chi connectivity index (χ4n) is 3.39. The first-order valence-corrected chi connectivity index (χ1v) is 12.7. The molecule has 0 fully saturated rings. The van der Waals surface area contributed by atoms with Crippen LogP contribution < -0.4 is 15.0 Å². The zero-order valence-corrected chi connectivity index (χ0v) is 21.8. The van der Waals surface area contributed by atoms with Gasteiger partial charge in [-0.3, -0.25) is 9.59 Å². The average Bonchev–Trinajstić information content (AvgIpc) is 3.28. The van der Waals surface area contributed by atoms with Gasteiger partial charge in [-0.05, 0) is 37.3 Å². The maximum atomic E-state index is 13.0. The molecule has 2 aromatic carbocycles. The number of rotatable bonds is 8. The summed E-state index contributed by atoms with van der Waals surface area (Å²) in [5.41, 5.74) is 1.47. The summed E-state index contributed by atoms with van der Waals surface area (Å²) in [4.78, 5) is 37.7. The quantitative estimate of drug-likeness (QED) is 0.180. The van der Waals surface area contributed by atoms with Gasteiger partial charge in [0, 0.05) is 16.1 Å². The van der Waals surface area contributed by atoms with Crippen molar-refractivity contribution in [3.63, 3.8) is 0 Å². The number of aromatic amines is 1. The maximum Gasteiger partial charge on any atom is 0.270 e. The van der Waals surface area contributed by atoms with Crippen molar-refractivity contribution in [3.05, 3.63) is 74.0 Å². The van der Waals surface area contributed by atoms with Gasteiger partial charge in [0.15, 0.2) is 22.4 Å². The highest BCUT2D eigenvalue weighted by molar-refractivity contribution is 7.99. The second-order valence-electron chi connectivity index (χ2n) is 7.43. The third-order valence-electron chi connectivity index (χ3n) is 5.15. The van der Waals surface area contributed by atoms with Gasteiger partial charge in [0.05, 0.1) is 36.2 Å². The summed E-state index contributed by atoms with van der Waals surface area (Å²) in [6.07, 6.45) is 0. The maximum absolute atomic E-state index is 13.0. The number of carbonyl (C=O) groups is 1. The lowest BCUT2D eigenvalue weighted by Crippen LogP contribution is -2.15. The first-order valence-electron chi connectivity index (χ1n) is 10.5. The van der Waals surface area contributed by atoms with Gasteiger partial charge >= 0.3 is 0 Å². The Morgan fingerprint density at radius 1 is 1.11 bits per heavy atom. The first kappa shape index (κ1) is 25.4. The van der Waals surface area contributed by atoms with Crippen molar-refractivity contribution >= 4 is 40.5 Å². The number of hydrogen-bond acceptors (Lipinski definition) is 9. The molecule has 36 heavy (non-hydrogen) atoms. The molecule has 0 radical (unpaired) electrons. The number of H-pyrrole nitrogens is 1. The van der Waals surface area contributed by atoms with Crippen LogP contribution in [0.1, 0.15) is 20.9 Å². The standard InChI is InChI=1S/C25H19ClN4O4S2/c1-13-22(36-24(28-13)14-4-7-16(26)8-5-14)18(31)12-35-25-29-21(17(11-27)23(32)30-25)15-6-9-19(33-2)20(10-15)34-3/h4-10H,12H2,1-3H3,(H,29,30,32). The number of Topliss-reactive ketones (excluding diaryl/α,β-unsaturated/α-hetero) is 1. The van der Waals surface area contributed by atoms with Crippen molar-refractivity contribution in [1.82, 2.24) is 15.0 Å². The Balaban J connectivity index is 1.59. The molecular formula is C25H19ClN4O4S2. The second-order valence-corrected chi connectivity index (χ2v) is 9.83. The third kappa shape index (κ3) is 5.28. The Morgan fingerprint density at radius 3 is 2.47 bits per heavy atom. The number of ether oxygens (including phenoxy) is 2. The van der Waals surface area contributed by atoms with E-state index >= 15 is 0 Å². The Bertz CT molecular complexity index is 1540. The average molecular weight is 539 g/mol. The number of hydrogen-bond donors (Lipinski definition) is 1. The molecule has 0 spiro atoms. The molecule has 4 aromatic rings. The second kappa shape index (κ2) is 11.0. The molecule has 1 N–H and O–H groups in total. The van der Waals surface area contributed by atoms with Crippen LogP contribution in [-0.2, 0) is 0 Å². The molecule has 11 heteroatoms. The lowest BCUT2D eigenvalue weighted by atomic mass is 10.1. The van der Waals surface area contributed by atoms with Crippen LogP contribution in [0.15, 0.2) is 52.4 Å². The van der Waals surface area contributed by atoms with Crippen molar-refractivity contribution < 1.29 is 14.3 Å². The highest BCUT2D eigenvalue weighted by atomic mass is 35.5. The van der Waals surface area contributed by atoms with Gasteiger partial charge in [-0.1, -0.05) is 35.5 Å².